The zero-order valence-electron chi connectivity index (χ0n) is 19.1. The Morgan fingerprint density at radius 1 is 1.26 bits per heavy atom. The second-order valence-corrected chi connectivity index (χ2v) is 10.1. The third kappa shape index (κ3) is 5.70. The standard InChI is InChI=1S/C23H23F2N3O6S/c1-12-7-8-16-15(12)5-4-6-19(16)33-23-27-20(11-32-23)34-22(29)26-13(2)14-9-17(24)21(18(25)10-14)28-35(3,30)31/h4-6,9-13,28H,7-8H2,1-3H3,(H,26,29). The zero-order valence-corrected chi connectivity index (χ0v) is 19.9. The molecule has 2 N–H and O–H groups in total. The number of fused-ring (bicyclic) bond motifs is 1. The summed E-state index contributed by atoms with van der Waals surface area (Å²) in [5.41, 5.74) is 1.54. The molecule has 35 heavy (non-hydrogen) atoms. The van der Waals surface area contributed by atoms with Gasteiger partial charge in [0.15, 0.2) is 17.9 Å². The Kier molecular flexibility index (Phi) is 6.66. The van der Waals surface area contributed by atoms with Crippen LogP contribution in [0.4, 0.5) is 19.3 Å². The first-order valence-corrected chi connectivity index (χ1v) is 12.6. The molecule has 0 spiro atoms. The van der Waals surface area contributed by atoms with Crippen molar-refractivity contribution in [3.05, 3.63) is 64.9 Å². The summed E-state index contributed by atoms with van der Waals surface area (Å²) in [7, 11) is -3.88. The summed E-state index contributed by atoms with van der Waals surface area (Å²) in [4.78, 5) is 16.2. The van der Waals surface area contributed by atoms with Crippen LogP contribution in [-0.2, 0) is 16.4 Å². The molecule has 4 rings (SSSR count). The lowest BCUT2D eigenvalue weighted by Gasteiger charge is -2.15. The van der Waals surface area contributed by atoms with Crippen LogP contribution in [-0.4, -0.2) is 25.8 Å². The van der Waals surface area contributed by atoms with E-state index in [1.807, 2.05) is 12.1 Å². The number of nitrogens with one attached hydrogen (secondary N) is 2. The second-order valence-electron chi connectivity index (χ2n) is 8.31. The Hall–Kier alpha value is -3.67. The van der Waals surface area contributed by atoms with Crippen molar-refractivity contribution in [2.75, 3.05) is 11.0 Å². The van der Waals surface area contributed by atoms with Gasteiger partial charge < -0.3 is 19.2 Å². The number of sulfonamides is 1. The lowest BCUT2D eigenvalue weighted by Crippen LogP contribution is -2.29. The number of ether oxygens (including phenoxy) is 2. The number of nitrogens with zero attached hydrogens (tertiary/aromatic N) is 1. The van der Waals surface area contributed by atoms with Gasteiger partial charge in [-0.3, -0.25) is 4.72 Å². The first kappa shape index (κ1) is 24.5. The van der Waals surface area contributed by atoms with E-state index in [9.17, 15) is 22.0 Å². The minimum atomic E-state index is -3.88. The van der Waals surface area contributed by atoms with Crippen molar-refractivity contribution < 1.29 is 35.9 Å². The van der Waals surface area contributed by atoms with Crippen molar-refractivity contribution in [2.24, 2.45) is 0 Å². The summed E-state index contributed by atoms with van der Waals surface area (Å²) in [6, 6.07) is 6.69. The topological polar surface area (TPSA) is 120 Å². The van der Waals surface area contributed by atoms with E-state index in [-0.39, 0.29) is 17.5 Å². The van der Waals surface area contributed by atoms with Crippen LogP contribution in [0.1, 0.15) is 48.9 Å². The van der Waals surface area contributed by atoms with Crippen molar-refractivity contribution in [3.8, 4) is 17.7 Å². The normalized spacial score (nSPS) is 15.9. The van der Waals surface area contributed by atoms with E-state index in [1.54, 1.807) is 4.72 Å². The van der Waals surface area contributed by atoms with Crippen molar-refractivity contribution in [2.45, 2.75) is 38.6 Å². The number of hydrogen-bond donors (Lipinski definition) is 2. The number of anilines is 1. The number of aromatic nitrogens is 1. The maximum absolute atomic E-state index is 14.2. The maximum atomic E-state index is 14.2. The maximum Gasteiger partial charge on any atom is 0.414 e. The van der Waals surface area contributed by atoms with Gasteiger partial charge >= 0.3 is 12.2 Å². The number of halogens is 2. The Balaban J connectivity index is 1.38. The van der Waals surface area contributed by atoms with Crippen molar-refractivity contribution in [1.82, 2.24) is 10.3 Å². The smallest absolute Gasteiger partial charge is 0.413 e. The molecule has 0 aliphatic heterocycles. The van der Waals surface area contributed by atoms with Gasteiger partial charge in [-0.25, -0.2) is 22.0 Å². The van der Waals surface area contributed by atoms with Gasteiger partial charge in [0.05, 0.1) is 12.3 Å². The van der Waals surface area contributed by atoms with Crippen LogP contribution in [0.15, 0.2) is 41.0 Å². The van der Waals surface area contributed by atoms with Gasteiger partial charge in [0.2, 0.25) is 10.0 Å². The number of carbonyl (C=O) groups is 1. The van der Waals surface area contributed by atoms with E-state index in [2.05, 4.69) is 23.3 Å². The lowest BCUT2D eigenvalue weighted by molar-refractivity contribution is 0.195. The Bertz CT molecular complexity index is 1350. The summed E-state index contributed by atoms with van der Waals surface area (Å²) >= 11 is 0. The van der Waals surface area contributed by atoms with E-state index in [0.717, 1.165) is 43.1 Å². The van der Waals surface area contributed by atoms with Crippen molar-refractivity contribution in [3.63, 3.8) is 0 Å². The molecule has 1 aromatic heterocycles. The molecule has 1 amide bonds. The molecule has 2 atom stereocenters. The Labute approximate surface area is 200 Å². The highest BCUT2D eigenvalue weighted by Crippen LogP contribution is 2.39. The van der Waals surface area contributed by atoms with Gasteiger partial charge in [-0.1, -0.05) is 19.1 Å². The molecule has 2 unspecified atom stereocenters. The zero-order chi connectivity index (χ0) is 25.3. The summed E-state index contributed by atoms with van der Waals surface area (Å²) in [5, 5.41) is 2.41. The van der Waals surface area contributed by atoms with Crippen LogP contribution in [0.3, 0.4) is 0 Å². The van der Waals surface area contributed by atoms with E-state index >= 15 is 0 Å². The van der Waals surface area contributed by atoms with Crippen LogP contribution >= 0.6 is 0 Å². The lowest BCUT2D eigenvalue weighted by atomic mass is 10.0. The first-order valence-electron chi connectivity index (χ1n) is 10.7. The van der Waals surface area contributed by atoms with Gasteiger partial charge in [0.1, 0.15) is 11.4 Å². The molecular weight excluding hydrogens is 484 g/mol. The summed E-state index contributed by atoms with van der Waals surface area (Å²) < 4.78 is 68.8. The molecule has 0 fully saturated rings. The largest absolute Gasteiger partial charge is 0.414 e. The first-order chi connectivity index (χ1) is 16.5. The highest BCUT2D eigenvalue weighted by Gasteiger charge is 2.23. The van der Waals surface area contributed by atoms with Crippen LogP contribution in [0.25, 0.3) is 0 Å². The third-order valence-electron chi connectivity index (χ3n) is 5.57. The monoisotopic (exact) mass is 507 g/mol. The van der Waals surface area contributed by atoms with Crippen LogP contribution < -0.4 is 19.5 Å². The molecule has 1 aliphatic rings. The minimum absolute atomic E-state index is 0.0485. The Morgan fingerprint density at radius 3 is 2.66 bits per heavy atom. The predicted molar refractivity (Wildman–Crippen MR) is 122 cm³/mol. The van der Waals surface area contributed by atoms with Crippen molar-refractivity contribution in [1.29, 1.82) is 0 Å². The minimum Gasteiger partial charge on any atom is -0.413 e. The molecule has 9 nitrogen and oxygen atoms in total. The fourth-order valence-corrected chi connectivity index (χ4v) is 4.43. The fourth-order valence-electron chi connectivity index (χ4n) is 3.87. The van der Waals surface area contributed by atoms with Gasteiger partial charge in [-0.05, 0) is 60.6 Å². The second kappa shape index (κ2) is 9.53. The molecule has 2 aromatic carbocycles. The molecule has 3 aromatic rings. The van der Waals surface area contributed by atoms with E-state index in [4.69, 9.17) is 13.9 Å². The summed E-state index contributed by atoms with van der Waals surface area (Å²) in [6.07, 6.45) is 2.71. The van der Waals surface area contributed by atoms with E-state index < -0.39 is 39.5 Å². The number of oxazole rings is 1. The number of hydrogen-bond acceptors (Lipinski definition) is 7. The molecule has 1 heterocycles. The van der Waals surface area contributed by atoms with E-state index in [1.165, 1.54) is 12.5 Å². The molecular formula is C23H23F2N3O6S. The van der Waals surface area contributed by atoms with Gasteiger partial charge in [-0.15, -0.1) is 4.98 Å². The Morgan fingerprint density at radius 2 is 1.97 bits per heavy atom. The molecule has 0 saturated heterocycles. The molecule has 0 radical (unpaired) electrons. The predicted octanol–water partition coefficient (Wildman–Crippen LogP) is 5.02. The summed E-state index contributed by atoms with van der Waals surface area (Å²) in [5.74, 6) is -1.37. The highest BCUT2D eigenvalue weighted by atomic mass is 32.2. The molecule has 186 valence electrons. The number of carbonyl (C=O) groups excluding carboxylic acids is 1. The molecule has 0 saturated carbocycles. The third-order valence-corrected chi connectivity index (χ3v) is 6.15. The fraction of sp³-hybridized carbons (Fsp3) is 0.304. The molecule has 1 aliphatic carbocycles. The number of amides is 1. The van der Waals surface area contributed by atoms with Crippen LogP contribution in [0.2, 0.25) is 0 Å². The molecule has 0 bridgehead atoms. The summed E-state index contributed by atoms with van der Waals surface area (Å²) in [6.45, 7) is 3.61. The average Bonchev–Trinajstić information content (AvgIpc) is 3.36. The van der Waals surface area contributed by atoms with Crippen LogP contribution in [0.5, 0.6) is 17.7 Å². The highest BCUT2D eigenvalue weighted by molar-refractivity contribution is 7.92. The van der Waals surface area contributed by atoms with E-state index in [0.29, 0.717) is 11.7 Å². The number of rotatable bonds is 7. The van der Waals surface area contributed by atoms with Crippen LogP contribution in [0, 0.1) is 11.6 Å². The average molecular weight is 508 g/mol. The van der Waals surface area contributed by atoms with Crippen molar-refractivity contribution >= 4 is 21.8 Å². The SMILES string of the molecule is CC1CCc2c(Oc3nc(OC(=O)NC(C)c4cc(F)c(NS(C)(=O)=O)c(F)c4)co3)cccc21. The quantitative estimate of drug-likeness (QED) is 0.461. The van der Waals surface area contributed by atoms with Gasteiger partial charge in [-0.2, -0.15) is 0 Å². The number of benzene rings is 2. The molecule has 12 heteroatoms. The van der Waals surface area contributed by atoms with Gasteiger partial charge in [0.25, 0.3) is 5.88 Å². The van der Waals surface area contributed by atoms with Gasteiger partial charge in [0, 0.05) is 0 Å².